The van der Waals surface area contributed by atoms with Gasteiger partial charge in [-0.25, -0.2) is 0 Å². The molecular formula is C18H16N4O3S. The zero-order valence-corrected chi connectivity index (χ0v) is 15.0. The first-order chi connectivity index (χ1) is 12.5. The summed E-state index contributed by atoms with van der Waals surface area (Å²) >= 11 is 1.41. The molecule has 1 fully saturated rings. The number of hydrogen-bond acceptors (Lipinski definition) is 6. The monoisotopic (exact) mass is 368 g/mol. The molecule has 2 aliphatic heterocycles. The normalized spacial score (nSPS) is 19.3. The third kappa shape index (κ3) is 2.59. The zero-order valence-electron chi connectivity index (χ0n) is 14.2. The van der Waals surface area contributed by atoms with Gasteiger partial charge in [-0.2, -0.15) is 0 Å². The number of benzene rings is 2. The highest BCUT2D eigenvalue weighted by Gasteiger charge is 2.42. The van der Waals surface area contributed by atoms with E-state index in [0.717, 1.165) is 11.4 Å². The minimum atomic E-state index is -0.406. The van der Waals surface area contributed by atoms with Gasteiger partial charge in [-0.1, -0.05) is 30.0 Å². The molecule has 2 aromatic rings. The van der Waals surface area contributed by atoms with Crippen molar-refractivity contribution in [3.63, 3.8) is 0 Å². The summed E-state index contributed by atoms with van der Waals surface area (Å²) in [6, 6.07) is 12.6. The van der Waals surface area contributed by atoms with Crippen LogP contribution in [0.4, 0.5) is 22.7 Å². The van der Waals surface area contributed by atoms with E-state index in [2.05, 4.69) is 5.32 Å². The molecule has 26 heavy (non-hydrogen) atoms. The van der Waals surface area contributed by atoms with Crippen molar-refractivity contribution in [1.29, 1.82) is 0 Å². The molecule has 1 saturated heterocycles. The van der Waals surface area contributed by atoms with Crippen molar-refractivity contribution in [2.24, 2.45) is 0 Å². The number of nitro groups is 1. The molecule has 132 valence electrons. The largest absolute Gasteiger partial charge is 0.372 e. The van der Waals surface area contributed by atoms with Crippen LogP contribution < -0.4 is 15.1 Å². The van der Waals surface area contributed by atoms with E-state index in [1.807, 2.05) is 24.3 Å². The second-order valence-corrected chi connectivity index (χ2v) is 7.34. The van der Waals surface area contributed by atoms with Gasteiger partial charge in [-0.05, 0) is 29.8 Å². The first-order valence-electron chi connectivity index (χ1n) is 7.99. The number of hydrogen-bond donors (Lipinski definition) is 1. The first kappa shape index (κ1) is 16.5. The van der Waals surface area contributed by atoms with E-state index in [1.54, 1.807) is 42.1 Å². The van der Waals surface area contributed by atoms with Gasteiger partial charge in [0.25, 0.3) is 11.6 Å². The summed E-state index contributed by atoms with van der Waals surface area (Å²) in [4.78, 5) is 27.7. The number of nitrogens with one attached hydrogen (secondary N) is 1. The van der Waals surface area contributed by atoms with E-state index in [0.29, 0.717) is 16.2 Å². The molecule has 1 atom stereocenters. The van der Waals surface area contributed by atoms with Crippen LogP contribution in [0.5, 0.6) is 0 Å². The van der Waals surface area contributed by atoms with Gasteiger partial charge in [0.1, 0.15) is 5.69 Å². The van der Waals surface area contributed by atoms with Gasteiger partial charge in [0.2, 0.25) is 0 Å². The fourth-order valence-electron chi connectivity index (χ4n) is 3.12. The van der Waals surface area contributed by atoms with Crippen molar-refractivity contribution in [2.45, 2.75) is 5.50 Å². The number of anilines is 3. The lowest BCUT2D eigenvalue weighted by molar-refractivity contribution is -0.384. The Morgan fingerprint density at radius 2 is 2.04 bits per heavy atom. The molecule has 0 aromatic heterocycles. The maximum absolute atomic E-state index is 12.8. The van der Waals surface area contributed by atoms with E-state index >= 15 is 0 Å². The molecule has 8 heteroatoms. The van der Waals surface area contributed by atoms with Crippen LogP contribution in [0.1, 0.15) is 5.56 Å². The van der Waals surface area contributed by atoms with E-state index < -0.39 is 4.92 Å². The van der Waals surface area contributed by atoms with E-state index in [4.69, 9.17) is 0 Å². The number of fused-ring (bicyclic) bond motifs is 3. The Bertz CT molecular complexity index is 957. The molecule has 0 radical (unpaired) electrons. The zero-order chi connectivity index (χ0) is 18.4. The summed E-state index contributed by atoms with van der Waals surface area (Å²) in [5.41, 5.74) is 2.79. The maximum Gasteiger partial charge on any atom is 0.293 e. The molecule has 7 nitrogen and oxygen atoms in total. The maximum atomic E-state index is 12.8. The Morgan fingerprint density at radius 3 is 2.77 bits per heavy atom. The fourth-order valence-corrected chi connectivity index (χ4v) is 4.26. The van der Waals surface area contributed by atoms with Crippen molar-refractivity contribution in [3.8, 4) is 0 Å². The number of nitro benzene ring substituents is 1. The average molecular weight is 368 g/mol. The average Bonchev–Trinajstić information content (AvgIpc) is 3.11. The Balaban J connectivity index is 1.68. The third-order valence-corrected chi connectivity index (χ3v) is 5.42. The lowest BCUT2D eigenvalue weighted by Gasteiger charge is -2.13. The number of carbonyl (C=O) groups is 1. The molecule has 1 N–H and O–H groups in total. The predicted octanol–water partition coefficient (Wildman–Crippen LogP) is 3.49. The van der Waals surface area contributed by atoms with Crippen LogP contribution in [0.3, 0.4) is 0 Å². The van der Waals surface area contributed by atoms with Crippen LogP contribution in [0.15, 0.2) is 47.4 Å². The number of carbonyl (C=O) groups excluding carboxylic acids is 1. The Kier molecular flexibility index (Phi) is 3.84. The lowest BCUT2D eigenvalue weighted by atomic mass is 10.1. The molecule has 0 bridgehead atoms. The van der Waals surface area contributed by atoms with Gasteiger partial charge >= 0.3 is 0 Å². The summed E-state index contributed by atoms with van der Waals surface area (Å²) in [6.07, 6.45) is 1.71. The Labute approximate surface area is 154 Å². The van der Waals surface area contributed by atoms with E-state index in [1.165, 1.54) is 17.8 Å². The van der Waals surface area contributed by atoms with Gasteiger partial charge in [0.05, 0.1) is 21.2 Å². The predicted molar refractivity (Wildman–Crippen MR) is 104 cm³/mol. The van der Waals surface area contributed by atoms with Gasteiger partial charge in [0, 0.05) is 20.2 Å². The van der Waals surface area contributed by atoms with Crippen LogP contribution in [0.25, 0.3) is 6.08 Å². The quantitative estimate of drug-likeness (QED) is 0.508. The summed E-state index contributed by atoms with van der Waals surface area (Å²) in [5.74, 6) is -0.100. The number of amides is 1. The first-order valence-corrected chi connectivity index (χ1v) is 8.87. The second-order valence-electron chi connectivity index (χ2n) is 6.22. The molecule has 0 aliphatic carbocycles. The van der Waals surface area contributed by atoms with Crippen LogP contribution in [-0.2, 0) is 4.79 Å². The van der Waals surface area contributed by atoms with Gasteiger partial charge in [0.15, 0.2) is 5.50 Å². The Morgan fingerprint density at radius 1 is 1.27 bits per heavy atom. The van der Waals surface area contributed by atoms with Gasteiger partial charge in [-0.3, -0.25) is 19.8 Å². The molecule has 1 amide bonds. The topological polar surface area (TPSA) is 78.7 Å². The molecule has 1 unspecified atom stereocenters. The molecule has 0 spiro atoms. The molecule has 2 heterocycles. The number of para-hydroxylation sites is 2. The van der Waals surface area contributed by atoms with Gasteiger partial charge < -0.3 is 10.2 Å². The lowest BCUT2D eigenvalue weighted by Crippen LogP contribution is -2.31. The van der Waals surface area contributed by atoms with E-state index in [9.17, 15) is 14.9 Å². The van der Waals surface area contributed by atoms with Crippen molar-refractivity contribution in [2.75, 3.05) is 29.2 Å². The minimum absolute atomic E-state index is 0.0174. The highest BCUT2D eigenvalue weighted by molar-refractivity contribution is 8.05. The summed E-state index contributed by atoms with van der Waals surface area (Å²) in [6.45, 7) is 0. The van der Waals surface area contributed by atoms with Crippen LogP contribution in [-0.4, -0.2) is 30.4 Å². The van der Waals surface area contributed by atoms with Crippen molar-refractivity contribution >= 4 is 46.5 Å². The standard InChI is InChI=1S/C18H16N4O3S/c1-20(2)14-8-7-11(9-15(14)22(24)25)10-16-17(23)21-13-6-4-3-5-12(13)19-18(21)26-16/h3-10,18-19H,1-2H3/b16-10-. The number of thioether (sulfide) groups is 1. The smallest absolute Gasteiger partial charge is 0.293 e. The number of nitrogens with zero attached hydrogens (tertiary/aromatic N) is 3. The highest BCUT2D eigenvalue weighted by Crippen LogP contribution is 2.47. The SMILES string of the molecule is CN(C)c1ccc(/C=C2\SC3Nc4ccccc4N3C2=O)cc1[N+](=O)[O-]. The van der Waals surface area contributed by atoms with Crippen LogP contribution in [0, 0.1) is 10.1 Å². The summed E-state index contributed by atoms with van der Waals surface area (Å²) in [7, 11) is 3.52. The van der Waals surface area contributed by atoms with Crippen molar-refractivity contribution in [3.05, 3.63) is 63.0 Å². The van der Waals surface area contributed by atoms with Crippen molar-refractivity contribution < 1.29 is 9.72 Å². The molecule has 2 aliphatic rings. The Hall–Kier alpha value is -3.00. The summed E-state index contributed by atoms with van der Waals surface area (Å²) in [5, 5.41) is 14.7. The minimum Gasteiger partial charge on any atom is -0.372 e. The molecular weight excluding hydrogens is 352 g/mol. The number of rotatable bonds is 3. The van der Waals surface area contributed by atoms with Crippen molar-refractivity contribution in [1.82, 2.24) is 0 Å². The fraction of sp³-hybridized carbons (Fsp3) is 0.167. The van der Waals surface area contributed by atoms with E-state index in [-0.39, 0.29) is 17.1 Å². The third-order valence-electron chi connectivity index (χ3n) is 4.32. The molecule has 2 aromatic carbocycles. The molecule has 4 rings (SSSR count). The van der Waals surface area contributed by atoms with Crippen LogP contribution >= 0.6 is 11.8 Å². The van der Waals surface area contributed by atoms with Gasteiger partial charge in [-0.15, -0.1) is 0 Å². The van der Waals surface area contributed by atoms with Crippen LogP contribution in [0.2, 0.25) is 0 Å². The summed E-state index contributed by atoms with van der Waals surface area (Å²) < 4.78 is 0. The second kappa shape index (κ2) is 6.06. The molecule has 0 saturated carbocycles. The highest BCUT2D eigenvalue weighted by atomic mass is 32.2.